The minimum Gasteiger partial charge on any atom is -0.354 e. The number of nitrogens with zero attached hydrogens (tertiary/aromatic N) is 2. The summed E-state index contributed by atoms with van der Waals surface area (Å²) in [4.78, 5) is 30.7. The van der Waals surface area contributed by atoms with E-state index in [1.54, 1.807) is 0 Å². The average molecular weight is 497 g/mol. The molecule has 6 nitrogen and oxygen atoms in total. The zero-order chi connectivity index (χ0) is 26.4. The number of benzene rings is 3. The third-order valence-electron chi connectivity index (χ3n) is 6.29. The van der Waals surface area contributed by atoms with Gasteiger partial charge in [0.1, 0.15) is 0 Å². The van der Waals surface area contributed by atoms with Gasteiger partial charge in [0, 0.05) is 42.1 Å². The monoisotopic (exact) mass is 496 g/mol. The lowest BCUT2D eigenvalue weighted by molar-refractivity contribution is -0.110. The lowest BCUT2D eigenvalue weighted by atomic mass is 9.98. The first-order valence-corrected chi connectivity index (χ1v) is 13.0. The summed E-state index contributed by atoms with van der Waals surface area (Å²) < 4.78 is 0. The Hall–Kier alpha value is -3.90. The van der Waals surface area contributed by atoms with E-state index in [4.69, 9.17) is 0 Å². The topological polar surface area (TPSA) is 64.7 Å². The summed E-state index contributed by atoms with van der Waals surface area (Å²) in [5.41, 5.74) is 6.25. The average Bonchev–Trinajstić information content (AvgIpc) is 3.21. The van der Waals surface area contributed by atoms with Crippen LogP contribution in [0.25, 0.3) is 11.3 Å². The molecule has 37 heavy (non-hydrogen) atoms. The highest BCUT2D eigenvalue weighted by molar-refractivity contribution is 6.37. The molecule has 0 saturated heterocycles. The molecule has 4 rings (SSSR count). The third-order valence-corrected chi connectivity index (χ3v) is 6.29. The second-order valence-corrected chi connectivity index (χ2v) is 9.69. The van der Waals surface area contributed by atoms with Crippen molar-refractivity contribution < 1.29 is 9.59 Å². The number of hydrogen-bond donors (Lipinski definition) is 2. The van der Waals surface area contributed by atoms with Crippen LogP contribution in [-0.2, 0) is 11.3 Å². The highest BCUT2D eigenvalue weighted by atomic mass is 16.2. The van der Waals surface area contributed by atoms with Crippen molar-refractivity contribution in [3.8, 4) is 0 Å². The van der Waals surface area contributed by atoms with E-state index in [0.29, 0.717) is 35.6 Å². The molecule has 0 unspecified atom stereocenters. The molecule has 0 spiro atoms. The Bertz CT molecular complexity index is 1290. The number of carbonyl (C=O) groups excluding carboxylic acids is 2. The molecule has 0 bridgehead atoms. The minimum atomic E-state index is -0.186. The molecule has 1 aliphatic rings. The summed E-state index contributed by atoms with van der Waals surface area (Å²) in [6.45, 7) is 6.39. The molecular weight excluding hydrogens is 460 g/mol. The van der Waals surface area contributed by atoms with Crippen molar-refractivity contribution in [1.82, 2.24) is 9.80 Å². The Kier molecular flexibility index (Phi) is 8.41. The number of nitrogens with one attached hydrogen (secondary N) is 2. The third kappa shape index (κ3) is 6.09. The number of amides is 2. The van der Waals surface area contributed by atoms with E-state index in [2.05, 4.69) is 41.5 Å². The predicted molar refractivity (Wildman–Crippen MR) is 152 cm³/mol. The van der Waals surface area contributed by atoms with Gasteiger partial charge in [-0.05, 0) is 68.4 Å². The van der Waals surface area contributed by atoms with Gasteiger partial charge < -0.3 is 20.4 Å². The molecular formula is C31H36N4O2. The Morgan fingerprint density at radius 2 is 1.59 bits per heavy atom. The van der Waals surface area contributed by atoms with Crippen molar-refractivity contribution in [1.29, 1.82) is 0 Å². The molecule has 6 heteroatoms. The zero-order valence-electron chi connectivity index (χ0n) is 22.2. The van der Waals surface area contributed by atoms with Gasteiger partial charge in [-0.1, -0.05) is 56.3 Å². The summed E-state index contributed by atoms with van der Waals surface area (Å²) in [6, 6.07) is 23.6. The van der Waals surface area contributed by atoms with Crippen molar-refractivity contribution >= 4 is 34.5 Å². The van der Waals surface area contributed by atoms with Crippen LogP contribution >= 0.6 is 0 Å². The van der Waals surface area contributed by atoms with Crippen molar-refractivity contribution in [3.63, 3.8) is 0 Å². The first kappa shape index (κ1) is 26.2. The van der Waals surface area contributed by atoms with Gasteiger partial charge in [-0.3, -0.25) is 9.59 Å². The highest BCUT2D eigenvalue weighted by Crippen LogP contribution is 2.38. The quantitative estimate of drug-likeness (QED) is 0.341. The van der Waals surface area contributed by atoms with Crippen LogP contribution in [0.1, 0.15) is 53.7 Å². The molecule has 0 aromatic heterocycles. The fourth-order valence-corrected chi connectivity index (χ4v) is 4.73. The predicted octanol–water partition coefficient (Wildman–Crippen LogP) is 5.94. The smallest absolute Gasteiger partial charge is 0.258 e. The van der Waals surface area contributed by atoms with Crippen LogP contribution in [0.3, 0.4) is 0 Å². The first-order valence-electron chi connectivity index (χ1n) is 13.0. The van der Waals surface area contributed by atoms with E-state index in [-0.39, 0.29) is 11.8 Å². The fourth-order valence-electron chi connectivity index (χ4n) is 4.73. The SMILES string of the molecule is CCCN(CCC)C(=O)c1ccc2c(c1)/C(=C(/Nc1cccc(CN(C)C)c1)c1ccccc1)C(=O)N2. The maximum atomic E-state index is 13.4. The van der Waals surface area contributed by atoms with Gasteiger partial charge in [0.25, 0.3) is 11.8 Å². The van der Waals surface area contributed by atoms with E-state index in [1.165, 1.54) is 5.56 Å². The van der Waals surface area contributed by atoms with Gasteiger partial charge in [0.05, 0.1) is 11.3 Å². The standard InChI is InChI=1S/C31H36N4O2/c1-5-17-35(18-6-2)31(37)24-15-16-27-26(20-24)28(30(36)33-27)29(23-12-8-7-9-13-23)32-25-14-10-11-22(19-25)21-34(3)4/h7-16,19-20,32H,5-6,17-18,21H2,1-4H3,(H,33,36)/b29-28-. The van der Waals surface area contributed by atoms with Crippen LogP contribution in [0.4, 0.5) is 11.4 Å². The van der Waals surface area contributed by atoms with Crippen LogP contribution in [0.2, 0.25) is 0 Å². The normalized spacial score (nSPS) is 13.8. The van der Waals surface area contributed by atoms with E-state index in [0.717, 1.165) is 36.2 Å². The molecule has 0 saturated carbocycles. The number of rotatable bonds is 10. The second-order valence-electron chi connectivity index (χ2n) is 9.69. The van der Waals surface area contributed by atoms with Crippen LogP contribution in [0.5, 0.6) is 0 Å². The Balaban J connectivity index is 1.81. The van der Waals surface area contributed by atoms with Crippen LogP contribution in [0, 0.1) is 0 Å². The van der Waals surface area contributed by atoms with Crippen LogP contribution in [0.15, 0.2) is 72.8 Å². The van der Waals surface area contributed by atoms with E-state index in [1.807, 2.05) is 79.7 Å². The molecule has 2 N–H and O–H groups in total. The fraction of sp³-hybridized carbons (Fsp3) is 0.290. The zero-order valence-corrected chi connectivity index (χ0v) is 22.2. The maximum Gasteiger partial charge on any atom is 0.258 e. The largest absolute Gasteiger partial charge is 0.354 e. The van der Waals surface area contributed by atoms with E-state index in [9.17, 15) is 9.59 Å². The van der Waals surface area contributed by atoms with Gasteiger partial charge in [0.2, 0.25) is 0 Å². The summed E-state index contributed by atoms with van der Waals surface area (Å²) >= 11 is 0. The van der Waals surface area contributed by atoms with Gasteiger partial charge in [-0.2, -0.15) is 0 Å². The van der Waals surface area contributed by atoms with Gasteiger partial charge in [0.15, 0.2) is 0 Å². The molecule has 3 aromatic carbocycles. The first-order chi connectivity index (χ1) is 17.9. The molecule has 0 fully saturated rings. The Labute approximate surface area is 220 Å². The molecule has 1 aliphatic heterocycles. The lowest BCUT2D eigenvalue weighted by Crippen LogP contribution is -2.32. The van der Waals surface area contributed by atoms with Crippen molar-refractivity contribution in [3.05, 3.63) is 95.1 Å². The van der Waals surface area contributed by atoms with Crippen LogP contribution < -0.4 is 10.6 Å². The highest BCUT2D eigenvalue weighted by Gasteiger charge is 2.30. The molecule has 0 radical (unpaired) electrons. The summed E-state index contributed by atoms with van der Waals surface area (Å²) in [5.74, 6) is -0.190. The van der Waals surface area contributed by atoms with E-state index < -0.39 is 0 Å². The van der Waals surface area contributed by atoms with Gasteiger partial charge >= 0.3 is 0 Å². The lowest BCUT2D eigenvalue weighted by Gasteiger charge is -2.22. The van der Waals surface area contributed by atoms with E-state index >= 15 is 0 Å². The van der Waals surface area contributed by atoms with Crippen molar-refractivity contribution in [2.75, 3.05) is 37.8 Å². The van der Waals surface area contributed by atoms with Crippen LogP contribution in [-0.4, -0.2) is 48.8 Å². The number of anilines is 2. The maximum absolute atomic E-state index is 13.4. The molecule has 3 aromatic rings. The number of hydrogen-bond acceptors (Lipinski definition) is 4. The van der Waals surface area contributed by atoms with Crippen molar-refractivity contribution in [2.45, 2.75) is 33.2 Å². The van der Waals surface area contributed by atoms with Crippen molar-refractivity contribution in [2.24, 2.45) is 0 Å². The molecule has 0 aliphatic carbocycles. The number of carbonyl (C=O) groups is 2. The second kappa shape index (κ2) is 11.9. The minimum absolute atomic E-state index is 0.00388. The number of fused-ring (bicyclic) bond motifs is 1. The molecule has 1 heterocycles. The summed E-state index contributed by atoms with van der Waals surface area (Å²) in [5, 5.41) is 6.54. The van der Waals surface area contributed by atoms with Gasteiger partial charge in [-0.25, -0.2) is 0 Å². The Morgan fingerprint density at radius 1 is 0.865 bits per heavy atom. The van der Waals surface area contributed by atoms with Gasteiger partial charge in [-0.15, -0.1) is 0 Å². The summed E-state index contributed by atoms with van der Waals surface area (Å²) in [7, 11) is 4.08. The summed E-state index contributed by atoms with van der Waals surface area (Å²) in [6.07, 6.45) is 1.80. The Morgan fingerprint density at radius 3 is 2.27 bits per heavy atom. The molecule has 192 valence electrons. The molecule has 2 amide bonds. The molecule has 0 atom stereocenters.